The number of rotatable bonds is 6. The fourth-order valence-electron chi connectivity index (χ4n) is 1.35. The Morgan fingerprint density at radius 1 is 1.40 bits per heavy atom. The maximum atomic E-state index is 9.53. The van der Waals surface area contributed by atoms with E-state index in [1.165, 1.54) is 0 Å². The Morgan fingerprint density at radius 2 is 2.20 bits per heavy atom. The molecule has 0 aromatic carbocycles. The second kappa shape index (κ2) is 6.35. The number of hydrogen-bond donors (Lipinski definition) is 2. The van der Waals surface area contributed by atoms with E-state index in [4.69, 9.17) is 0 Å². The first-order valence-corrected chi connectivity index (χ1v) is 5.49. The van der Waals surface area contributed by atoms with Gasteiger partial charge in [0.15, 0.2) is 0 Å². The molecule has 1 unspecified atom stereocenters. The molecule has 0 amide bonds. The third-order valence-electron chi connectivity index (χ3n) is 2.23. The molecule has 2 N–H and O–H groups in total. The smallest absolute Gasteiger partial charge is 0.129 e. The zero-order valence-electron chi connectivity index (χ0n) is 9.40. The van der Waals surface area contributed by atoms with Crippen LogP contribution in [-0.4, -0.2) is 27.7 Å². The topological polar surface area (TPSA) is 58.0 Å². The summed E-state index contributed by atoms with van der Waals surface area (Å²) in [6.45, 7) is 4.66. The van der Waals surface area contributed by atoms with E-state index in [0.717, 1.165) is 30.8 Å². The van der Waals surface area contributed by atoms with Gasteiger partial charge < -0.3 is 10.4 Å². The van der Waals surface area contributed by atoms with Crippen molar-refractivity contribution >= 4 is 5.82 Å². The lowest BCUT2D eigenvalue weighted by molar-refractivity contribution is 0.176. The van der Waals surface area contributed by atoms with Crippen molar-refractivity contribution in [2.75, 3.05) is 11.9 Å². The molecule has 1 aromatic heterocycles. The molecule has 0 saturated heterocycles. The van der Waals surface area contributed by atoms with Crippen molar-refractivity contribution in [3.8, 4) is 0 Å². The van der Waals surface area contributed by atoms with Crippen LogP contribution in [0.15, 0.2) is 12.4 Å². The van der Waals surface area contributed by atoms with Gasteiger partial charge >= 0.3 is 0 Å². The highest BCUT2D eigenvalue weighted by Crippen LogP contribution is 2.05. The van der Waals surface area contributed by atoms with E-state index in [1.54, 1.807) is 6.33 Å². The summed E-state index contributed by atoms with van der Waals surface area (Å²) >= 11 is 0. The van der Waals surface area contributed by atoms with Crippen molar-refractivity contribution in [2.45, 2.75) is 39.2 Å². The van der Waals surface area contributed by atoms with Gasteiger partial charge in [0, 0.05) is 18.3 Å². The number of aryl methyl sites for hydroxylation is 1. The molecule has 1 atom stereocenters. The summed E-state index contributed by atoms with van der Waals surface area (Å²) in [6.07, 6.45) is 3.96. The highest BCUT2D eigenvalue weighted by atomic mass is 16.3. The molecule has 84 valence electrons. The van der Waals surface area contributed by atoms with Gasteiger partial charge in [-0.1, -0.05) is 20.3 Å². The molecular formula is C11H19N3O. The second-order valence-corrected chi connectivity index (χ2v) is 3.57. The van der Waals surface area contributed by atoms with E-state index in [2.05, 4.69) is 29.1 Å². The van der Waals surface area contributed by atoms with Crippen molar-refractivity contribution in [1.82, 2.24) is 9.97 Å². The fraction of sp³-hybridized carbons (Fsp3) is 0.636. The third kappa shape index (κ3) is 4.25. The Bertz CT molecular complexity index is 291. The highest BCUT2D eigenvalue weighted by Gasteiger charge is 2.03. The molecule has 0 fully saturated rings. The van der Waals surface area contributed by atoms with Crippen LogP contribution in [0, 0.1) is 0 Å². The van der Waals surface area contributed by atoms with Gasteiger partial charge in [0.2, 0.25) is 0 Å². The zero-order valence-corrected chi connectivity index (χ0v) is 9.40. The summed E-state index contributed by atoms with van der Waals surface area (Å²) in [6, 6.07) is 1.92. The third-order valence-corrected chi connectivity index (χ3v) is 2.23. The van der Waals surface area contributed by atoms with Gasteiger partial charge in [-0.15, -0.1) is 0 Å². The Kier molecular flexibility index (Phi) is 5.04. The lowest BCUT2D eigenvalue weighted by atomic mass is 10.2. The van der Waals surface area contributed by atoms with E-state index in [1.807, 2.05) is 6.07 Å². The average Bonchev–Trinajstić information content (AvgIpc) is 2.27. The van der Waals surface area contributed by atoms with Crippen LogP contribution in [0.2, 0.25) is 0 Å². The number of nitrogens with one attached hydrogen (secondary N) is 1. The van der Waals surface area contributed by atoms with Crippen molar-refractivity contribution < 1.29 is 5.11 Å². The Hall–Kier alpha value is -1.16. The molecule has 1 rings (SSSR count). The zero-order chi connectivity index (χ0) is 11.1. The maximum Gasteiger partial charge on any atom is 0.129 e. The van der Waals surface area contributed by atoms with Crippen LogP contribution in [0.5, 0.6) is 0 Å². The number of hydrogen-bond acceptors (Lipinski definition) is 4. The first-order chi connectivity index (χ1) is 7.26. The molecule has 0 bridgehead atoms. The summed E-state index contributed by atoms with van der Waals surface area (Å²) in [7, 11) is 0. The molecule has 4 heteroatoms. The van der Waals surface area contributed by atoms with Gasteiger partial charge in [-0.05, 0) is 12.8 Å². The molecule has 0 aliphatic heterocycles. The van der Waals surface area contributed by atoms with Crippen LogP contribution in [0.25, 0.3) is 0 Å². The van der Waals surface area contributed by atoms with E-state index in [9.17, 15) is 5.11 Å². The van der Waals surface area contributed by atoms with E-state index in [-0.39, 0.29) is 6.10 Å². The lowest BCUT2D eigenvalue weighted by Crippen LogP contribution is -2.19. The summed E-state index contributed by atoms with van der Waals surface area (Å²) < 4.78 is 0. The summed E-state index contributed by atoms with van der Waals surface area (Å²) in [4.78, 5) is 8.19. The lowest BCUT2D eigenvalue weighted by Gasteiger charge is -2.11. The highest BCUT2D eigenvalue weighted by molar-refractivity contribution is 5.34. The van der Waals surface area contributed by atoms with E-state index >= 15 is 0 Å². The average molecular weight is 209 g/mol. The predicted molar refractivity (Wildman–Crippen MR) is 60.8 cm³/mol. The quantitative estimate of drug-likeness (QED) is 0.747. The minimum Gasteiger partial charge on any atom is -0.391 e. The number of aliphatic hydroxyl groups excluding tert-OH is 1. The molecule has 0 saturated carbocycles. The van der Waals surface area contributed by atoms with Crippen molar-refractivity contribution in [2.24, 2.45) is 0 Å². The first-order valence-electron chi connectivity index (χ1n) is 5.49. The number of nitrogens with zero attached hydrogens (tertiary/aromatic N) is 2. The molecule has 0 aliphatic carbocycles. The largest absolute Gasteiger partial charge is 0.391 e. The summed E-state index contributed by atoms with van der Waals surface area (Å²) in [5.41, 5.74) is 1.01. The Morgan fingerprint density at radius 3 is 2.87 bits per heavy atom. The second-order valence-electron chi connectivity index (χ2n) is 3.57. The molecule has 1 aromatic rings. The molecule has 0 spiro atoms. The van der Waals surface area contributed by atoms with Crippen LogP contribution in [-0.2, 0) is 6.42 Å². The van der Waals surface area contributed by atoms with Gasteiger partial charge in [-0.3, -0.25) is 0 Å². The molecule has 0 aliphatic rings. The molecule has 15 heavy (non-hydrogen) atoms. The van der Waals surface area contributed by atoms with Crippen LogP contribution in [0.1, 0.15) is 32.4 Å². The number of aromatic nitrogens is 2. The normalized spacial score (nSPS) is 12.5. The van der Waals surface area contributed by atoms with Gasteiger partial charge in [0.1, 0.15) is 12.1 Å². The number of anilines is 1. The van der Waals surface area contributed by atoms with E-state index < -0.39 is 0 Å². The summed E-state index contributed by atoms with van der Waals surface area (Å²) in [5.74, 6) is 0.789. The minimum absolute atomic E-state index is 0.296. The molecule has 0 radical (unpaired) electrons. The maximum absolute atomic E-state index is 9.53. The van der Waals surface area contributed by atoms with Crippen molar-refractivity contribution in [3.05, 3.63) is 18.1 Å². The van der Waals surface area contributed by atoms with Crippen molar-refractivity contribution in [3.63, 3.8) is 0 Å². The first kappa shape index (κ1) is 11.9. The van der Waals surface area contributed by atoms with Crippen molar-refractivity contribution in [1.29, 1.82) is 0 Å². The van der Waals surface area contributed by atoms with Crippen LogP contribution >= 0.6 is 0 Å². The van der Waals surface area contributed by atoms with Gasteiger partial charge in [0.25, 0.3) is 0 Å². The van der Waals surface area contributed by atoms with E-state index in [0.29, 0.717) is 6.54 Å². The van der Waals surface area contributed by atoms with Crippen LogP contribution in [0.4, 0.5) is 5.82 Å². The predicted octanol–water partition coefficient (Wildman–Crippen LogP) is 1.61. The fourth-order valence-corrected chi connectivity index (χ4v) is 1.35. The molecule has 1 heterocycles. The van der Waals surface area contributed by atoms with Gasteiger partial charge in [-0.25, -0.2) is 9.97 Å². The SMILES string of the molecule is CCCC(O)CNc1cc(CC)ncn1. The molecule has 4 nitrogen and oxygen atoms in total. The minimum atomic E-state index is -0.296. The molecular weight excluding hydrogens is 190 g/mol. The Labute approximate surface area is 90.8 Å². The van der Waals surface area contributed by atoms with Crippen LogP contribution < -0.4 is 5.32 Å². The Balaban J connectivity index is 2.43. The number of aliphatic hydroxyl groups is 1. The van der Waals surface area contributed by atoms with Gasteiger partial charge in [-0.2, -0.15) is 0 Å². The van der Waals surface area contributed by atoms with Gasteiger partial charge in [0.05, 0.1) is 6.10 Å². The van der Waals surface area contributed by atoms with Crippen LogP contribution in [0.3, 0.4) is 0 Å². The summed E-state index contributed by atoms with van der Waals surface area (Å²) in [5, 5.41) is 12.6. The standard InChI is InChI=1S/C11H19N3O/c1-3-5-10(15)7-12-11-6-9(4-2)13-8-14-11/h6,8,10,15H,3-5,7H2,1-2H3,(H,12,13,14). The monoisotopic (exact) mass is 209 g/mol.